The molecule has 1 saturated heterocycles. The summed E-state index contributed by atoms with van der Waals surface area (Å²) in [5.41, 5.74) is 0.438. The molecule has 1 aromatic heterocycles. The van der Waals surface area contributed by atoms with E-state index in [1.54, 1.807) is 0 Å². The number of nitrogens with zero attached hydrogens (tertiary/aromatic N) is 2. The molecule has 6 heteroatoms. The molecular weight excluding hydrogens is 268 g/mol. The van der Waals surface area contributed by atoms with Crippen LogP contribution in [0, 0.1) is 5.41 Å². The highest BCUT2D eigenvalue weighted by Gasteiger charge is 2.31. The minimum atomic E-state index is -0.252. The number of nitrogens with one attached hydrogen (secondary N) is 2. The SMILES string of the molecule is CC1(C)CCC(c2noc(CC3NCCNC3=O)n2)CC1. The van der Waals surface area contributed by atoms with Crippen LogP contribution >= 0.6 is 0 Å². The van der Waals surface area contributed by atoms with Crippen molar-refractivity contribution in [3.63, 3.8) is 0 Å². The van der Waals surface area contributed by atoms with Gasteiger partial charge >= 0.3 is 0 Å². The van der Waals surface area contributed by atoms with E-state index in [4.69, 9.17) is 4.52 Å². The maximum atomic E-state index is 11.7. The molecule has 1 aliphatic carbocycles. The number of aromatic nitrogens is 2. The molecule has 1 unspecified atom stereocenters. The zero-order chi connectivity index (χ0) is 14.9. The van der Waals surface area contributed by atoms with Crippen LogP contribution in [0.15, 0.2) is 4.52 Å². The fraction of sp³-hybridized carbons (Fsp3) is 0.800. The minimum absolute atomic E-state index is 0.0143. The van der Waals surface area contributed by atoms with Gasteiger partial charge in [-0.3, -0.25) is 4.79 Å². The Morgan fingerprint density at radius 2 is 2.05 bits per heavy atom. The van der Waals surface area contributed by atoms with Crippen LogP contribution in [-0.2, 0) is 11.2 Å². The Kier molecular flexibility index (Phi) is 3.97. The van der Waals surface area contributed by atoms with Crippen molar-refractivity contribution in [2.45, 2.75) is 57.9 Å². The van der Waals surface area contributed by atoms with Crippen LogP contribution in [0.1, 0.15) is 57.2 Å². The molecule has 6 nitrogen and oxygen atoms in total. The summed E-state index contributed by atoms with van der Waals surface area (Å²) in [6.45, 7) is 6.11. The van der Waals surface area contributed by atoms with Gasteiger partial charge in [-0.15, -0.1) is 0 Å². The molecule has 0 spiro atoms. The lowest BCUT2D eigenvalue weighted by molar-refractivity contribution is -0.124. The van der Waals surface area contributed by atoms with Crippen molar-refractivity contribution in [2.24, 2.45) is 5.41 Å². The summed E-state index contributed by atoms with van der Waals surface area (Å²) in [6.07, 6.45) is 5.11. The molecule has 3 rings (SSSR count). The van der Waals surface area contributed by atoms with Gasteiger partial charge in [0.15, 0.2) is 5.82 Å². The summed E-state index contributed by atoms with van der Waals surface area (Å²) in [7, 11) is 0. The van der Waals surface area contributed by atoms with Gasteiger partial charge in [0.2, 0.25) is 11.8 Å². The van der Waals surface area contributed by atoms with Crippen molar-refractivity contribution in [1.29, 1.82) is 0 Å². The second-order valence-corrected chi connectivity index (χ2v) is 6.99. The average molecular weight is 292 g/mol. The number of carbonyl (C=O) groups excluding carboxylic acids is 1. The lowest BCUT2D eigenvalue weighted by atomic mass is 9.73. The summed E-state index contributed by atoms with van der Waals surface area (Å²) < 4.78 is 5.34. The van der Waals surface area contributed by atoms with Crippen LogP contribution in [-0.4, -0.2) is 35.2 Å². The van der Waals surface area contributed by atoms with E-state index in [1.165, 1.54) is 12.8 Å². The fourth-order valence-electron chi connectivity index (χ4n) is 3.16. The van der Waals surface area contributed by atoms with E-state index in [0.29, 0.717) is 30.2 Å². The van der Waals surface area contributed by atoms with Crippen molar-refractivity contribution in [2.75, 3.05) is 13.1 Å². The Bertz CT molecular complexity index is 502. The first kappa shape index (κ1) is 14.5. The second kappa shape index (κ2) is 5.75. The van der Waals surface area contributed by atoms with Crippen molar-refractivity contribution < 1.29 is 9.32 Å². The van der Waals surface area contributed by atoms with E-state index in [1.807, 2.05) is 0 Å². The molecule has 1 saturated carbocycles. The van der Waals surface area contributed by atoms with Crippen LogP contribution < -0.4 is 10.6 Å². The van der Waals surface area contributed by atoms with E-state index >= 15 is 0 Å². The molecule has 0 bridgehead atoms. The Labute approximate surface area is 125 Å². The van der Waals surface area contributed by atoms with E-state index in [-0.39, 0.29) is 11.9 Å². The number of rotatable bonds is 3. The van der Waals surface area contributed by atoms with Crippen LogP contribution in [0.5, 0.6) is 0 Å². The summed E-state index contributed by atoms with van der Waals surface area (Å²) >= 11 is 0. The van der Waals surface area contributed by atoms with E-state index < -0.39 is 0 Å². The van der Waals surface area contributed by atoms with Gasteiger partial charge in [-0.1, -0.05) is 19.0 Å². The van der Waals surface area contributed by atoms with Crippen molar-refractivity contribution in [3.05, 3.63) is 11.7 Å². The van der Waals surface area contributed by atoms with Gasteiger partial charge in [-0.25, -0.2) is 0 Å². The number of piperazine rings is 1. The van der Waals surface area contributed by atoms with Gasteiger partial charge in [-0.05, 0) is 31.1 Å². The number of carbonyl (C=O) groups is 1. The molecule has 1 amide bonds. The van der Waals surface area contributed by atoms with Crippen LogP contribution in [0.2, 0.25) is 0 Å². The molecule has 2 heterocycles. The van der Waals surface area contributed by atoms with Crippen LogP contribution in [0.3, 0.4) is 0 Å². The van der Waals surface area contributed by atoms with Gasteiger partial charge in [0.25, 0.3) is 0 Å². The first-order chi connectivity index (χ1) is 10.0. The second-order valence-electron chi connectivity index (χ2n) is 6.99. The van der Waals surface area contributed by atoms with Crippen molar-refractivity contribution in [1.82, 2.24) is 20.8 Å². The molecule has 2 aliphatic rings. The molecule has 2 N–H and O–H groups in total. The van der Waals surface area contributed by atoms with Gasteiger partial charge < -0.3 is 15.2 Å². The highest BCUT2D eigenvalue weighted by molar-refractivity contribution is 5.82. The van der Waals surface area contributed by atoms with Crippen LogP contribution in [0.25, 0.3) is 0 Å². The molecule has 1 aliphatic heterocycles. The molecule has 1 aromatic rings. The third-order valence-electron chi connectivity index (χ3n) is 4.70. The van der Waals surface area contributed by atoms with E-state index in [9.17, 15) is 4.79 Å². The van der Waals surface area contributed by atoms with Crippen LogP contribution in [0.4, 0.5) is 0 Å². The minimum Gasteiger partial charge on any atom is -0.353 e. The lowest BCUT2D eigenvalue weighted by Gasteiger charge is -2.32. The first-order valence-corrected chi connectivity index (χ1v) is 7.87. The summed E-state index contributed by atoms with van der Waals surface area (Å²) in [6, 6.07) is -0.252. The quantitative estimate of drug-likeness (QED) is 0.880. The third kappa shape index (κ3) is 3.43. The molecule has 0 radical (unpaired) electrons. The molecule has 116 valence electrons. The smallest absolute Gasteiger partial charge is 0.237 e. The monoisotopic (exact) mass is 292 g/mol. The Morgan fingerprint density at radius 3 is 2.76 bits per heavy atom. The van der Waals surface area contributed by atoms with Crippen molar-refractivity contribution >= 4 is 5.91 Å². The summed E-state index contributed by atoms with van der Waals surface area (Å²) in [5.74, 6) is 1.80. The van der Waals surface area contributed by atoms with E-state index in [2.05, 4.69) is 34.6 Å². The predicted octanol–water partition coefficient (Wildman–Crippen LogP) is 1.38. The van der Waals surface area contributed by atoms with Gasteiger partial charge in [0, 0.05) is 19.0 Å². The normalized spacial score (nSPS) is 26.6. The first-order valence-electron chi connectivity index (χ1n) is 7.87. The zero-order valence-corrected chi connectivity index (χ0v) is 12.8. The lowest BCUT2D eigenvalue weighted by Crippen LogP contribution is -2.53. The van der Waals surface area contributed by atoms with Gasteiger partial charge in [-0.2, -0.15) is 4.98 Å². The topological polar surface area (TPSA) is 80.0 Å². The number of hydrogen-bond donors (Lipinski definition) is 2. The van der Waals surface area contributed by atoms with Crippen molar-refractivity contribution in [3.8, 4) is 0 Å². The van der Waals surface area contributed by atoms with Gasteiger partial charge in [0.05, 0.1) is 12.5 Å². The molecule has 0 aromatic carbocycles. The molecule has 1 atom stereocenters. The predicted molar refractivity (Wildman–Crippen MR) is 77.8 cm³/mol. The average Bonchev–Trinajstić information content (AvgIpc) is 2.90. The largest absolute Gasteiger partial charge is 0.353 e. The summed E-state index contributed by atoms with van der Waals surface area (Å²) in [4.78, 5) is 16.2. The highest BCUT2D eigenvalue weighted by Crippen LogP contribution is 2.41. The number of hydrogen-bond acceptors (Lipinski definition) is 5. The third-order valence-corrected chi connectivity index (χ3v) is 4.70. The molecular formula is C15H24N4O2. The maximum Gasteiger partial charge on any atom is 0.237 e. The van der Waals surface area contributed by atoms with E-state index in [0.717, 1.165) is 25.2 Å². The maximum absolute atomic E-state index is 11.7. The molecule has 2 fully saturated rings. The zero-order valence-electron chi connectivity index (χ0n) is 12.8. The molecule has 21 heavy (non-hydrogen) atoms. The Balaban J connectivity index is 1.60. The standard InChI is InChI=1S/C15H24N4O2/c1-15(2)5-3-10(4-6-15)13-18-12(21-19-13)9-11-14(20)17-8-7-16-11/h10-11,16H,3-9H2,1-2H3,(H,17,20). The summed E-state index contributed by atoms with van der Waals surface area (Å²) in [5, 5.41) is 10.1. The highest BCUT2D eigenvalue weighted by atomic mass is 16.5. The fourth-order valence-corrected chi connectivity index (χ4v) is 3.16. The van der Waals surface area contributed by atoms with Gasteiger partial charge in [0.1, 0.15) is 0 Å². The Morgan fingerprint density at radius 1 is 1.29 bits per heavy atom. The number of amides is 1. The Hall–Kier alpha value is -1.43.